The SMILES string of the molecule is Cc1ccccc1-c1cc(NC(=O)CNC(=O)CN)n(C)n1. The maximum Gasteiger partial charge on any atom is 0.244 e. The lowest BCUT2D eigenvalue weighted by molar-refractivity contribution is -0.123. The van der Waals surface area contributed by atoms with E-state index in [4.69, 9.17) is 5.73 Å². The zero-order chi connectivity index (χ0) is 16.1. The van der Waals surface area contributed by atoms with Gasteiger partial charge in [-0.2, -0.15) is 5.10 Å². The van der Waals surface area contributed by atoms with Gasteiger partial charge in [0.25, 0.3) is 0 Å². The third-order valence-corrected chi connectivity index (χ3v) is 3.20. The lowest BCUT2D eigenvalue weighted by Gasteiger charge is -2.05. The van der Waals surface area contributed by atoms with E-state index in [0.717, 1.165) is 16.8 Å². The molecule has 0 unspecified atom stereocenters. The number of rotatable bonds is 5. The van der Waals surface area contributed by atoms with Crippen molar-refractivity contribution in [3.8, 4) is 11.3 Å². The van der Waals surface area contributed by atoms with Crippen LogP contribution < -0.4 is 16.4 Å². The molecule has 2 rings (SSSR count). The quantitative estimate of drug-likeness (QED) is 0.744. The fourth-order valence-electron chi connectivity index (χ4n) is 2.01. The third kappa shape index (κ3) is 3.70. The summed E-state index contributed by atoms with van der Waals surface area (Å²) in [6.07, 6.45) is 0. The van der Waals surface area contributed by atoms with Crippen LogP contribution in [0.2, 0.25) is 0 Å². The largest absolute Gasteiger partial charge is 0.346 e. The minimum atomic E-state index is -0.374. The van der Waals surface area contributed by atoms with Crippen LogP contribution in [0.25, 0.3) is 11.3 Å². The molecule has 7 heteroatoms. The second-order valence-corrected chi connectivity index (χ2v) is 4.88. The normalized spacial score (nSPS) is 10.3. The van der Waals surface area contributed by atoms with E-state index < -0.39 is 0 Å². The summed E-state index contributed by atoms with van der Waals surface area (Å²) in [5, 5.41) is 9.52. The van der Waals surface area contributed by atoms with E-state index in [2.05, 4.69) is 15.7 Å². The molecule has 4 N–H and O–H groups in total. The summed E-state index contributed by atoms with van der Waals surface area (Å²) in [6.45, 7) is 1.74. The molecule has 2 amide bonds. The van der Waals surface area contributed by atoms with E-state index in [1.165, 1.54) is 0 Å². The van der Waals surface area contributed by atoms with Crippen molar-refractivity contribution < 1.29 is 9.59 Å². The van der Waals surface area contributed by atoms with Crippen LogP contribution in [-0.4, -0.2) is 34.7 Å². The summed E-state index contributed by atoms with van der Waals surface area (Å²) in [6, 6.07) is 9.68. The molecule has 22 heavy (non-hydrogen) atoms. The lowest BCUT2D eigenvalue weighted by Crippen LogP contribution is -2.36. The first kappa shape index (κ1) is 15.7. The Morgan fingerprint density at radius 2 is 2.00 bits per heavy atom. The number of benzene rings is 1. The molecule has 0 aliphatic heterocycles. The van der Waals surface area contributed by atoms with Gasteiger partial charge in [0.15, 0.2) is 0 Å². The first-order valence-corrected chi connectivity index (χ1v) is 6.88. The van der Waals surface area contributed by atoms with Crippen LogP contribution in [0.3, 0.4) is 0 Å². The van der Waals surface area contributed by atoms with Crippen molar-refractivity contribution in [3.63, 3.8) is 0 Å². The van der Waals surface area contributed by atoms with Crippen molar-refractivity contribution in [2.75, 3.05) is 18.4 Å². The van der Waals surface area contributed by atoms with Crippen molar-refractivity contribution in [2.45, 2.75) is 6.92 Å². The highest BCUT2D eigenvalue weighted by Gasteiger charge is 2.11. The molecule has 1 heterocycles. The summed E-state index contributed by atoms with van der Waals surface area (Å²) in [4.78, 5) is 22.8. The van der Waals surface area contributed by atoms with Gasteiger partial charge in [0.1, 0.15) is 5.82 Å². The molecule has 0 fully saturated rings. The summed E-state index contributed by atoms with van der Waals surface area (Å²) in [5.41, 5.74) is 8.05. The molecule has 2 aromatic rings. The highest BCUT2D eigenvalue weighted by molar-refractivity contribution is 5.94. The first-order chi connectivity index (χ1) is 10.5. The molecule has 1 aromatic heterocycles. The van der Waals surface area contributed by atoms with Gasteiger partial charge < -0.3 is 16.4 Å². The highest BCUT2D eigenvalue weighted by Crippen LogP contribution is 2.24. The molecule has 0 saturated heterocycles. The summed E-state index contributed by atoms with van der Waals surface area (Å²) >= 11 is 0. The Labute approximate surface area is 128 Å². The molecule has 0 spiro atoms. The molecule has 0 aliphatic carbocycles. The standard InChI is InChI=1S/C15H19N5O2/c1-10-5-3-4-6-11(10)12-7-13(20(2)19-12)18-15(22)9-17-14(21)8-16/h3-7H,8-9,16H2,1-2H3,(H,17,21)(H,18,22). The van der Waals surface area contributed by atoms with Crippen molar-refractivity contribution in [2.24, 2.45) is 12.8 Å². The summed E-state index contributed by atoms with van der Waals surface area (Å²) in [5.74, 6) is -0.146. The van der Waals surface area contributed by atoms with E-state index in [1.807, 2.05) is 31.2 Å². The van der Waals surface area contributed by atoms with Gasteiger partial charge in [-0.15, -0.1) is 0 Å². The van der Waals surface area contributed by atoms with Crippen LogP contribution in [0.4, 0.5) is 5.82 Å². The number of nitrogens with one attached hydrogen (secondary N) is 2. The molecule has 7 nitrogen and oxygen atoms in total. The molecule has 0 atom stereocenters. The smallest absolute Gasteiger partial charge is 0.244 e. The van der Waals surface area contributed by atoms with Crippen LogP contribution in [0, 0.1) is 6.92 Å². The predicted octanol–water partition coefficient (Wildman–Crippen LogP) is 0.409. The summed E-state index contributed by atoms with van der Waals surface area (Å²) < 4.78 is 1.59. The number of carbonyl (C=O) groups excluding carboxylic acids is 2. The van der Waals surface area contributed by atoms with Crippen molar-refractivity contribution in [3.05, 3.63) is 35.9 Å². The van der Waals surface area contributed by atoms with Gasteiger partial charge in [-0.1, -0.05) is 24.3 Å². The predicted molar refractivity (Wildman–Crippen MR) is 84.1 cm³/mol. The first-order valence-electron chi connectivity index (χ1n) is 6.88. The zero-order valence-corrected chi connectivity index (χ0v) is 12.6. The summed E-state index contributed by atoms with van der Waals surface area (Å²) in [7, 11) is 1.75. The molecular weight excluding hydrogens is 282 g/mol. The van der Waals surface area contributed by atoms with Gasteiger partial charge in [0.05, 0.1) is 18.8 Å². The Morgan fingerprint density at radius 3 is 2.68 bits per heavy atom. The Morgan fingerprint density at radius 1 is 1.27 bits per heavy atom. The minimum absolute atomic E-state index is 0.124. The van der Waals surface area contributed by atoms with Crippen LogP contribution in [-0.2, 0) is 16.6 Å². The highest BCUT2D eigenvalue weighted by atomic mass is 16.2. The number of anilines is 1. The van der Waals surface area contributed by atoms with Crippen LogP contribution in [0.1, 0.15) is 5.56 Å². The zero-order valence-electron chi connectivity index (χ0n) is 12.6. The van der Waals surface area contributed by atoms with Gasteiger partial charge in [-0.3, -0.25) is 14.3 Å². The number of hydrogen-bond donors (Lipinski definition) is 3. The van der Waals surface area contributed by atoms with Crippen LogP contribution in [0.5, 0.6) is 0 Å². The fourth-order valence-corrected chi connectivity index (χ4v) is 2.01. The number of amides is 2. The average Bonchev–Trinajstić information content (AvgIpc) is 2.86. The Kier molecular flexibility index (Phi) is 4.90. The van der Waals surface area contributed by atoms with E-state index in [-0.39, 0.29) is 24.9 Å². The average molecular weight is 301 g/mol. The monoisotopic (exact) mass is 301 g/mol. The van der Waals surface area contributed by atoms with Gasteiger partial charge in [0.2, 0.25) is 11.8 Å². The lowest BCUT2D eigenvalue weighted by atomic mass is 10.1. The van der Waals surface area contributed by atoms with Gasteiger partial charge in [0, 0.05) is 18.7 Å². The topological polar surface area (TPSA) is 102 Å². The molecular formula is C15H19N5O2. The Balaban J connectivity index is 2.09. The van der Waals surface area contributed by atoms with E-state index in [9.17, 15) is 9.59 Å². The molecule has 1 aromatic carbocycles. The van der Waals surface area contributed by atoms with Crippen LogP contribution >= 0.6 is 0 Å². The van der Waals surface area contributed by atoms with E-state index in [0.29, 0.717) is 5.82 Å². The second-order valence-electron chi connectivity index (χ2n) is 4.88. The van der Waals surface area contributed by atoms with Crippen LogP contribution in [0.15, 0.2) is 30.3 Å². The van der Waals surface area contributed by atoms with Crippen molar-refractivity contribution in [1.82, 2.24) is 15.1 Å². The molecule has 0 saturated carbocycles. The maximum absolute atomic E-state index is 11.8. The number of aromatic nitrogens is 2. The Bertz CT molecular complexity index is 693. The fraction of sp³-hybridized carbons (Fsp3) is 0.267. The molecule has 116 valence electrons. The van der Waals surface area contributed by atoms with E-state index in [1.54, 1.807) is 17.8 Å². The number of aryl methyl sites for hydroxylation is 2. The third-order valence-electron chi connectivity index (χ3n) is 3.20. The molecule has 0 aliphatic rings. The molecule has 0 bridgehead atoms. The molecule has 0 radical (unpaired) electrons. The number of nitrogens with zero attached hydrogens (tertiary/aromatic N) is 2. The number of hydrogen-bond acceptors (Lipinski definition) is 4. The van der Waals surface area contributed by atoms with Crippen molar-refractivity contribution >= 4 is 17.6 Å². The van der Waals surface area contributed by atoms with Gasteiger partial charge in [-0.05, 0) is 12.5 Å². The van der Waals surface area contributed by atoms with Crippen molar-refractivity contribution in [1.29, 1.82) is 0 Å². The van der Waals surface area contributed by atoms with Gasteiger partial charge >= 0.3 is 0 Å². The minimum Gasteiger partial charge on any atom is -0.346 e. The number of carbonyl (C=O) groups is 2. The van der Waals surface area contributed by atoms with E-state index >= 15 is 0 Å². The number of nitrogens with two attached hydrogens (primary N) is 1. The second kappa shape index (κ2) is 6.86. The van der Waals surface area contributed by atoms with Gasteiger partial charge in [-0.25, -0.2) is 0 Å². The Hall–Kier alpha value is -2.67. The maximum atomic E-state index is 11.8.